The van der Waals surface area contributed by atoms with Crippen LogP contribution in [0.15, 0.2) is 0 Å². The minimum atomic E-state index is -0.132. The lowest BCUT2D eigenvalue weighted by molar-refractivity contribution is 0.0827. The number of piperidine rings is 1. The molecule has 0 amide bonds. The summed E-state index contributed by atoms with van der Waals surface area (Å²) in [6.45, 7) is 0. The van der Waals surface area contributed by atoms with Crippen molar-refractivity contribution in [2.24, 2.45) is 0 Å². The van der Waals surface area contributed by atoms with Gasteiger partial charge in [0, 0.05) is 18.0 Å². The van der Waals surface area contributed by atoms with E-state index >= 15 is 0 Å². The number of hydrogen-bond acceptors (Lipinski definition) is 2. The summed E-state index contributed by atoms with van der Waals surface area (Å²) >= 11 is 0. The highest BCUT2D eigenvalue weighted by molar-refractivity contribution is 5.09. The van der Waals surface area contributed by atoms with Gasteiger partial charge in [0.25, 0.3) is 0 Å². The topological polar surface area (TPSA) is 32.3 Å². The highest BCUT2D eigenvalue weighted by Crippen LogP contribution is 2.37. The zero-order chi connectivity index (χ0) is 8.60. The highest BCUT2D eigenvalue weighted by atomic mass is 16.3. The van der Waals surface area contributed by atoms with Crippen molar-refractivity contribution in [2.45, 2.75) is 49.8 Å². The van der Waals surface area contributed by atoms with Crippen LogP contribution in [-0.4, -0.2) is 22.8 Å². The minimum Gasteiger partial charge on any atom is -0.393 e. The quantitative estimate of drug-likeness (QED) is 0.559. The average molecular weight is 165 g/mol. The van der Waals surface area contributed by atoms with Gasteiger partial charge in [-0.05, 0) is 25.7 Å². The van der Waals surface area contributed by atoms with Crippen molar-refractivity contribution in [3.05, 3.63) is 0 Å². The Morgan fingerprint density at radius 1 is 1.67 bits per heavy atom. The molecule has 2 N–H and O–H groups in total. The fourth-order valence-electron chi connectivity index (χ4n) is 2.64. The Balaban J connectivity index is 2.11. The van der Waals surface area contributed by atoms with Gasteiger partial charge in [-0.3, -0.25) is 0 Å². The van der Waals surface area contributed by atoms with Gasteiger partial charge < -0.3 is 10.4 Å². The van der Waals surface area contributed by atoms with Crippen molar-refractivity contribution in [3.63, 3.8) is 0 Å². The van der Waals surface area contributed by atoms with E-state index in [-0.39, 0.29) is 11.6 Å². The molecule has 0 spiro atoms. The fraction of sp³-hybridized carbons (Fsp3) is 0.800. The molecule has 2 fully saturated rings. The van der Waals surface area contributed by atoms with Gasteiger partial charge in [-0.25, -0.2) is 0 Å². The van der Waals surface area contributed by atoms with Crippen LogP contribution in [0, 0.1) is 12.3 Å². The van der Waals surface area contributed by atoms with Gasteiger partial charge in [-0.2, -0.15) is 0 Å². The van der Waals surface area contributed by atoms with Crippen molar-refractivity contribution in [2.75, 3.05) is 0 Å². The second-order valence-electron chi connectivity index (χ2n) is 4.13. The van der Waals surface area contributed by atoms with Crippen molar-refractivity contribution < 1.29 is 5.11 Å². The molecule has 0 radical (unpaired) electrons. The Kier molecular flexibility index (Phi) is 1.86. The lowest BCUT2D eigenvalue weighted by Crippen LogP contribution is -2.50. The largest absolute Gasteiger partial charge is 0.393 e. The summed E-state index contributed by atoms with van der Waals surface area (Å²) < 4.78 is 0. The van der Waals surface area contributed by atoms with E-state index in [1.54, 1.807) is 0 Å². The van der Waals surface area contributed by atoms with Gasteiger partial charge in [-0.15, -0.1) is 12.3 Å². The van der Waals surface area contributed by atoms with E-state index in [4.69, 9.17) is 6.42 Å². The molecule has 12 heavy (non-hydrogen) atoms. The maximum absolute atomic E-state index is 9.57. The van der Waals surface area contributed by atoms with Crippen LogP contribution in [0.2, 0.25) is 0 Å². The van der Waals surface area contributed by atoms with Gasteiger partial charge in [0.2, 0.25) is 0 Å². The smallest absolute Gasteiger partial charge is 0.0573 e. The highest BCUT2D eigenvalue weighted by Gasteiger charge is 2.43. The molecular weight excluding hydrogens is 150 g/mol. The van der Waals surface area contributed by atoms with Gasteiger partial charge in [0.1, 0.15) is 0 Å². The predicted octanol–water partition coefficient (Wildman–Crippen LogP) is 0.655. The predicted molar refractivity (Wildman–Crippen MR) is 47.6 cm³/mol. The SMILES string of the molecule is C#CCC12CCC(CC(O)C1)N2. The maximum atomic E-state index is 9.57. The first-order valence-electron chi connectivity index (χ1n) is 4.63. The molecule has 2 aliphatic heterocycles. The molecule has 3 unspecified atom stereocenters. The third kappa shape index (κ3) is 1.24. The number of aliphatic hydroxyl groups is 1. The molecule has 0 aliphatic carbocycles. The van der Waals surface area contributed by atoms with Crippen molar-refractivity contribution in [1.82, 2.24) is 5.32 Å². The van der Waals surface area contributed by atoms with Crippen LogP contribution in [0.3, 0.4) is 0 Å². The molecule has 0 aromatic heterocycles. The molecule has 2 heterocycles. The second kappa shape index (κ2) is 2.76. The van der Waals surface area contributed by atoms with Gasteiger partial charge in [0.15, 0.2) is 0 Å². The Labute approximate surface area is 73.4 Å². The first kappa shape index (κ1) is 8.10. The molecule has 2 rings (SSSR count). The van der Waals surface area contributed by atoms with Gasteiger partial charge in [-0.1, -0.05) is 0 Å². The first-order chi connectivity index (χ1) is 5.74. The molecule has 2 aliphatic rings. The summed E-state index contributed by atoms with van der Waals surface area (Å²) in [5.74, 6) is 2.70. The second-order valence-corrected chi connectivity index (χ2v) is 4.13. The number of fused-ring (bicyclic) bond motifs is 2. The third-order valence-electron chi connectivity index (χ3n) is 3.11. The van der Waals surface area contributed by atoms with E-state index in [1.807, 2.05) is 0 Å². The van der Waals surface area contributed by atoms with Crippen molar-refractivity contribution >= 4 is 0 Å². The van der Waals surface area contributed by atoms with Crippen molar-refractivity contribution in [3.8, 4) is 12.3 Å². The molecule has 0 saturated carbocycles. The molecule has 2 heteroatoms. The monoisotopic (exact) mass is 165 g/mol. The third-order valence-corrected chi connectivity index (χ3v) is 3.11. The van der Waals surface area contributed by atoms with Crippen LogP contribution in [0.4, 0.5) is 0 Å². The number of terminal acetylenes is 1. The van der Waals surface area contributed by atoms with Crippen LogP contribution in [0.25, 0.3) is 0 Å². The number of hydrogen-bond donors (Lipinski definition) is 2. The van der Waals surface area contributed by atoms with Crippen LogP contribution in [0.5, 0.6) is 0 Å². The lowest BCUT2D eigenvalue weighted by Gasteiger charge is -2.35. The Morgan fingerprint density at radius 2 is 2.50 bits per heavy atom. The summed E-state index contributed by atoms with van der Waals surface area (Å²) in [7, 11) is 0. The van der Waals surface area contributed by atoms with E-state index in [0.29, 0.717) is 6.04 Å². The summed E-state index contributed by atoms with van der Waals surface area (Å²) in [5, 5.41) is 13.1. The number of rotatable bonds is 1. The van der Waals surface area contributed by atoms with E-state index in [1.165, 1.54) is 6.42 Å². The Morgan fingerprint density at radius 3 is 3.25 bits per heavy atom. The Hall–Kier alpha value is -0.520. The molecule has 2 saturated heterocycles. The summed E-state index contributed by atoms with van der Waals surface area (Å²) in [6.07, 6.45) is 10.0. The molecule has 0 aromatic carbocycles. The maximum Gasteiger partial charge on any atom is 0.0573 e. The van der Waals surface area contributed by atoms with Crippen LogP contribution in [-0.2, 0) is 0 Å². The molecule has 0 aromatic rings. The van der Waals surface area contributed by atoms with E-state index in [2.05, 4.69) is 11.2 Å². The zero-order valence-corrected chi connectivity index (χ0v) is 7.21. The normalized spacial score (nSPS) is 45.7. The Bertz CT molecular complexity index is 220. The van der Waals surface area contributed by atoms with Crippen LogP contribution in [0.1, 0.15) is 32.1 Å². The van der Waals surface area contributed by atoms with Gasteiger partial charge >= 0.3 is 0 Å². The van der Waals surface area contributed by atoms with Crippen molar-refractivity contribution in [1.29, 1.82) is 0 Å². The summed E-state index contributed by atoms with van der Waals surface area (Å²) in [5.41, 5.74) is 0.0804. The fourth-order valence-corrected chi connectivity index (χ4v) is 2.64. The number of aliphatic hydroxyl groups excluding tert-OH is 1. The summed E-state index contributed by atoms with van der Waals surface area (Å²) in [4.78, 5) is 0. The molecule has 3 atom stereocenters. The minimum absolute atomic E-state index is 0.0804. The van der Waals surface area contributed by atoms with Crippen LogP contribution < -0.4 is 5.32 Å². The first-order valence-corrected chi connectivity index (χ1v) is 4.63. The lowest BCUT2D eigenvalue weighted by atomic mass is 9.86. The van der Waals surface area contributed by atoms with Crippen LogP contribution >= 0.6 is 0 Å². The van der Waals surface area contributed by atoms with E-state index in [0.717, 1.165) is 25.7 Å². The molecule has 2 nitrogen and oxygen atoms in total. The number of nitrogens with one attached hydrogen (secondary N) is 1. The van der Waals surface area contributed by atoms with E-state index < -0.39 is 0 Å². The molecule has 2 bridgehead atoms. The van der Waals surface area contributed by atoms with E-state index in [9.17, 15) is 5.11 Å². The zero-order valence-electron chi connectivity index (χ0n) is 7.21. The standard InChI is InChI=1S/C10H15NO/c1-2-4-10-5-3-8(11-10)6-9(12)7-10/h1,8-9,11-12H,3-7H2. The summed E-state index contributed by atoms with van der Waals surface area (Å²) in [6, 6.07) is 0.516. The molecule has 66 valence electrons. The average Bonchev–Trinajstić information content (AvgIpc) is 2.27. The molecular formula is C10H15NO. The van der Waals surface area contributed by atoms with Gasteiger partial charge in [0.05, 0.1) is 6.10 Å².